The lowest BCUT2D eigenvalue weighted by atomic mass is 9.72. The van der Waals surface area contributed by atoms with E-state index in [-0.39, 0.29) is 11.3 Å². The van der Waals surface area contributed by atoms with Gasteiger partial charge >= 0.3 is 0 Å². The van der Waals surface area contributed by atoms with Gasteiger partial charge in [0.05, 0.1) is 0 Å². The van der Waals surface area contributed by atoms with Crippen molar-refractivity contribution in [2.75, 3.05) is 26.2 Å². The number of allylic oxidation sites excluding steroid dienone is 1. The maximum Gasteiger partial charge on any atom is 0.250 e. The van der Waals surface area contributed by atoms with Crippen LogP contribution in [0.2, 0.25) is 5.02 Å². The highest BCUT2D eigenvalue weighted by atomic mass is 35.5. The van der Waals surface area contributed by atoms with Gasteiger partial charge in [-0.1, -0.05) is 37.6 Å². The van der Waals surface area contributed by atoms with Gasteiger partial charge in [-0.2, -0.15) is 0 Å². The fraction of sp³-hybridized carbons (Fsp3) is 0.550. The summed E-state index contributed by atoms with van der Waals surface area (Å²) in [6.07, 6.45) is 3.91. The molecule has 1 fully saturated rings. The first kappa shape index (κ1) is 17.5. The molecule has 1 amide bonds. The molecule has 0 atom stereocenters. The highest BCUT2D eigenvalue weighted by Gasteiger charge is 2.32. The number of nitrogens with zero attached hydrogens (tertiary/aromatic N) is 1. The van der Waals surface area contributed by atoms with Crippen LogP contribution in [0.15, 0.2) is 29.8 Å². The maximum atomic E-state index is 13.2. The molecule has 0 bridgehead atoms. The van der Waals surface area contributed by atoms with Gasteiger partial charge in [0.15, 0.2) is 0 Å². The highest BCUT2D eigenvalue weighted by molar-refractivity contribution is 6.30. The second-order valence-corrected chi connectivity index (χ2v) is 8.14. The molecule has 1 heterocycles. The molecule has 1 aromatic carbocycles. The Kier molecular flexibility index (Phi) is 5.31. The topological polar surface area (TPSA) is 32.3 Å². The molecule has 0 unspecified atom stereocenters. The summed E-state index contributed by atoms with van der Waals surface area (Å²) < 4.78 is 0. The van der Waals surface area contributed by atoms with Crippen LogP contribution in [0.1, 0.15) is 45.1 Å². The van der Waals surface area contributed by atoms with E-state index in [0.29, 0.717) is 0 Å². The number of hydrogen-bond donors (Lipinski definition) is 1. The van der Waals surface area contributed by atoms with Gasteiger partial charge in [0.2, 0.25) is 5.91 Å². The molecule has 0 spiro atoms. The van der Waals surface area contributed by atoms with Crippen molar-refractivity contribution in [1.82, 2.24) is 10.2 Å². The lowest BCUT2D eigenvalue weighted by molar-refractivity contribution is -0.127. The van der Waals surface area contributed by atoms with E-state index >= 15 is 0 Å². The van der Waals surface area contributed by atoms with Gasteiger partial charge < -0.3 is 10.2 Å². The minimum Gasteiger partial charge on any atom is -0.338 e. The van der Waals surface area contributed by atoms with Crippen molar-refractivity contribution in [2.24, 2.45) is 5.41 Å². The number of nitrogens with one attached hydrogen (secondary N) is 1. The first-order chi connectivity index (χ1) is 11.5. The van der Waals surface area contributed by atoms with Crippen molar-refractivity contribution in [3.05, 3.63) is 40.4 Å². The van der Waals surface area contributed by atoms with E-state index in [1.807, 2.05) is 17.0 Å². The second kappa shape index (κ2) is 7.28. The molecule has 4 heteroatoms. The van der Waals surface area contributed by atoms with Gasteiger partial charge in [-0.3, -0.25) is 4.79 Å². The quantitative estimate of drug-likeness (QED) is 0.873. The average molecular weight is 347 g/mol. The summed E-state index contributed by atoms with van der Waals surface area (Å²) in [4.78, 5) is 15.2. The van der Waals surface area contributed by atoms with Crippen LogP contribution in [0.4, 0.5) is 0 Å². The van der Waals surface area contributed by atoms with E-state index in [2.05, 4.69) is 31.3 Å². The summed E-state index contributed by atoms with van der Waals surface area (Å²) in [5, 5.41) is 4.11. The van der Waals surface area contributed by atoms with Crippen LogP contribution in [0.3, 0.4) is 0 Å². The van der Waals surface area contributed by atoms with E-state index in [1.54, 1.807) is 0 Å². The first-order valence-corrected chi connectivity index (χ1v) is 9.32. The lowest BCUT2D eigenvalue weighted by Crippen LogP contribution is -2.37. The molecule has 0 radical (unpaired) electrons. The SMILES string of the molecule is CC1(C)CCC(C(=O)N2CCCNCC2)=C(c2ccc(Cl)cc2)C1. The molecule has 1 aliphatic carbocycles. The second-order valence-electron chi connectivity index (χ2n) is 7.70. The van der Waals surface area contributed by atoms with Crippen LogP contribution in [-0.4, -0.2) is 37.0 Å². The van der Waals surface area contributed by atoms with Gasteiger partial charge in [-0.15, -0.1) is 0 Å². The highest BCUT2D eigenvalue weighted by Crippen LogP contribution is 2.43. The molecule has 2 aliphatic rings. The minimum absolute atomic E-state index is 0.235. The van der Waals surface area contributed by atoms with Crippen LogP contribution in [0, 0.1) is 5.41 Å². The summed E-state index contributed by atoms with van der Waals surface area (Å²) in [7, 11) is 0. The first-order valence-electron chi connectivity index (χ1n) is 8.94. The number of amides is 1. The van der Waals surface area contributed by atoms with E-state index in [0.717, 1.165) is 68.0 Å². The van der Waals surface area contributed by atoms with E-state index in [9.17, 15) is 4.79 Å². The molecular formula is C20H27ClN2O. The van der Waals surface area contributed by atoms with Crippen molar-refractivity contribution in [2.45, 2.75) is 39.5 Å². The van der Waals surface area contributed by atoms with E-state index in [1.165, 1.54) is 5.57 Å². The van der Waals surface area contributed by atoms with Crippen molar-refractivity contribution < 1.29 is 4.79 Å². The van der Waals surface area contributed by atoms with Crippen molar-refractivity contribution in [3.63, 3.8) is 0 Å². The normalized spacial score (nSPS) is 21.5. The number of rotatable bonds is 2. The number of carbonyl (C=O) groups excluding carboxylic acids is 1. The molecule has 24 heavy (non-hydrogen) atoms. The van der Waals surface area contributed by atoms with Gasteiger partial charge in [-0.25, -0.2) is 0 Å². The molecule has 0 aromatic heterocycles. The largest absolute Gasteiger partial charge is 0.338 e. The summed E-state index contributed by atoms with van der Waals surface area (Å²) in [6, 6.07) is 7.94. The third-order valence-corrected chi connectivity index (χ3v) is 5.40. The Balaban J connectivity index is 1.95. The summed E-state index contributed by atoms with van der Waals surface area (Å²) in [5.74, 6) is 0.235. The van der Waals surface area contributed by atoms with Crippen LogP contribution < -0.4 is 5.32 Å². The van der Waals surface area contributed by atoms with Gasteiger partial charge in [0, 0.05) is 30.2 Å². The number of benzene rings is 1. The van der Waals surface area contributed by atoms with E-state index in [4.69, 9.17) is 11.6 Å². The van der Waals surface area contributed by atoms with Crippen LogP contribution >= 0.6 is 11.6 Å². The van der Waals surface area contributed by atoms with Crippen LogP contribution in [-0.2, 0) is 4.79 Å². The van der Waals surface area contributed by atoms with Crippen LogP contribution in [0.25, 0.3) is 5.57 Å². The molecule has 3 nitrogen and oxygen atoms in total. The predicted octanol–water partition coefficient (Wildman–Crippen LogP) is 4.13. The van der Waals surface area contributed by atoms with Gasteiger partial charge in [0.25, 0.3) is 0 Å². The predicted molar refractivity (Wildman–Crippen MR) is 100 cm³/mol. The van der Waals surface area contributed by atoms with Gasteiger partial charge in [-0.05, 0) is 60.9 Å². The standard InChI is InChI=1S/C20H27ClN2O/c1-20(2)9-8-17(19(24)23-12-3-10-22-11-13-23)18(14-20)15-4-6-16(21)7-5-15/h4-7,22H,3,8-14H2,1-2H3. The molecular weight excluding hydrogens is 320 g/mol. The third kappa shape index (κ3) is 4.01. The Morgan fingerprint density at radius 2 is 1.92 bits per heavy atom. The zero-order chi connectivity index (χ0) is 17.2. The Hall–Kier alpha value is -1.32. The summed E-state index contributed by atoms with van der Waals surface area (Å²) in [6.45, 7) is 8.13. The Bertz CT molecular complexity index is 626. The number of carbonyl (C=O) groups is 1. The summed E-state index contributed by atoms with van der Waals surface area (Å²) in [5.41, 5.74) is 3.60. The Morgan fingerprint density at radius 1 is 1.17 bits per heavy atom. The van der Waals surface area contributed by atoms with E-state index < -0.39 is 0 Å². The molecule has 3 rings (SSSR count). The third-order valence-electron chi connectivity index (χ3n) is 5.15. The molecule has 1 aromatic rings. The molecule has 1 saturated heterocycles. The van der Waals surface area contributed by atoms with Gasteiger partial charge in [0.1, 0.15) is 0 Å². The van der Waals surface area contributed by atoms with Crippen molar-refractivity contribution >= 4 is 23.1 Å². The summed E-state index contributed by atoms with van der Waals surface area (Å²) >= 11 is 6.05. The van der Waals surface area contributed by atoms with Crippen molar-refractivity contribution in [1.29, 1.82) is 0 Å². The lowest BCUT2D eigenvalue weighted by Gasteiger charge is -2.34. The molecule has 0 saturated carbocycles. The Labute approximate surface area is 150 Å². The van der Waals surface area contributed by atoms with Crippen molar-refractivity contribution in [3.8, 4) is 0 Å². The Morgan fingerprint density at radius 3 is 2.67 bits per heavy atom. The molecule has 1 N–H and O–H groups in total. The minimum atomic E-state index is 0.235. The zero-order valence-corrected chi connectivity index (χ0v) is 15.5. The smallest absolute Gasteiger partial charge is 0.250 e. The number of halogens is 1. The maximum absolute atomic E-state index is 13.2. The fourth-order valence-electron chi connectivity index (χ4n) is 3.69. The van der Waals surface area contributed by atoms with Crippen LogP contribution in [0.5, 0.6) is 0 Å². The fourth-order valence-corrected chi connectivity index (χ4v) is 3.82. The number of hydrogen-bond acceptors (Lipinski definition) is 2. The molecule has 130 valence electrons. The molecule has 1 aliphatic heterocycles. The monoisotopic (exact) mass is 346 g/mol. The zero-order valence-electron chi connectivity index (χ0n) is 14.7. The average Bonchev–Trinajstić information content (AvgIpc) is 2.83.